The number of thiophene rings is 1. The molecule has 0 aliphatic rings. The van der Waals surface area contributed by atoms with E-state index in [0.717, 1.165) is 9.35 Å². The van der Waals surface area contributed by atoms with Crippen LogP contribution in [0, 0.1) is 18.3 Å². The van der Waals surface area contributed by atoms with Gasteiger partial charge in [-0.25, -0.2) is 0 Å². The van der Waals surface area contributed by atoms with Crippen LogP contribution in [0.1, 0.15) is 11.1 Å². The van der Waals surface area contributed by atoms with E-state index in [-0.39, 0.29) is 0 Å². The first kappa shape index (κ1) is 8.74. The molecular formula is C10H6BrNS. The molecule has 1 nitrogen and oxygen atoms in total. The van der Waals surface area contributed by atoms with E-state index in [2.05, 4.69) is 28.9 Å². The summed E-state index contributed by atoms with van der Waals surface area (Å²) in [4.78, 5) is 0. The lowest BCUT2D eigenvalue weighted by atomic mass is 10.1. The monoisotopic (exact) mass is 251 g/mol. The molecule has 0 saturated carbocycles. The van der Waals surface area contributed by atoms with Gasteiger partial charge in [0.2, 0.25) is 0 Å². The van der Waals surface area contributed by atoms with Gasteiger partial charge in [-0.1, -0.05) is 0 Å². The molecule has 1 heterocycles. The van der Waals surface area contributed by atoms with Crippen molar-refractivity contribution >= 4 is 37.4 Å². The van der Waals surface area contributed by atoms with Crippen LogP contribution in [-0.2, 0) is 0 Å². The van der Waals surface area contributed by atoms with Crippen molar-refractivity contribution in [3.63, 3.8) is 0 Å². The third-order valence-corrected chi connectivity index (χ3v) is 4.15. The van der Waals surface area contributed by atoms with Gasteiger partial charge in [0, 0.05) is 4.70 Å². The number of fused-ring (bicyclic) bond motifs is 1. The van der Waals surface area contributed by atoms with Gasteiger partial charge in [-0.3, -0.25) is 0 Å². The lowest BCUT2D eigenvalue weighted by Gasteiger charge is -1.91. The molecule has 0 aliphatic carbocycles. The second-order valence-corrected chi connectivity index (χ2v) is 5.19. The van der Waals surface area contributed by atoms with Crippen LogP contribution in [0.25, 0.3) is 10.1 Å². The van der Waals surface area contributed by atoms with E-state index >= 15 is 0 Å². The standard InChI is InChI=1S/C10H6BrNS/c1-6-8-4-7(5-12)2-3-9(8)13-10(6)11/h2-4H,1H3. The van der Waals surface area contributed by atoms with Gasteiger partial charge in [-0.05, 0) is 52.0 Å². The number of nitriles is 1. The molecule has 64 valence electrons. The molecule has 13 heavy (non-hydrogen) atoms. The lowest BCUT2D eigenvalue weighted by molar-refractivity contribution is 1.49. The summed E-state index contributed by atoms with van der Waals surface area (Å²) in [6.45, 7) is 2.06. The zero-order chi connectivity index (χ0) is 9.42. The Kier molecular flexibility index (Phi) is 2.10. The summed E-state index contributed by atoms with van der Waals surface area (Å²) in [5.41, 5.74) is 1.94. The van der Waals surface area contributed by atoms with Crippen LogP contribution in [-0.4, -0.2) is 0 Å². The zero-order valence-electron chi connectivity index (χ0n) is 6.97. The van der Waals surface area contributed by atoms with Crippen molar-refractivity contribution in [2.24, 2.45) is 0 Å². The fourth-order valence-corrected chi connectivity index (χ4v) is 2.91. The van der Waals surface area contributed by atoms with Crippen molar-refractivity contribution in [3.8, 4) is 6.07 Å². The van der Waals surface area contributed by atoms with Crippen LogP contribution >= 0.6 is 27.3 Å². The zero-order valence-corrected chi connectivity index (χ0v) is 9.37. The highest BCUT2D eigenvalue weighted by atomic mass is 79.9. The maximum atomic E-state index is 8.74. The molecule has 3 heteroatoms. The lowest BCUT2D eigenvalue weighted by Crippen LogP contribution is -1.73. The molecule has 0 bridgehead atoms. The Labute approximate surface area is 88.7 Å². The Morgan fingerprint density at radius 1 is 1.46 bits per heavy atom. The number of hydrogen-bond acceptors (Lipinski definition) is 2. The summed E-state index contributed by atoms with van der Waals surface area (Å²) in [7, 11) is 0. The molecular weight excluding hydrogens is 246 g/mol. The largest absolute Gasteiger partial charge is 0.192 e. The topological polar surface area (TPSA) is 23.8 Å². The van der Waals surface area contributed by atoms with Crippen molar-refractivity contribution in [2.45, 2.75) is 6.92 Å². The summed E-state index contributed by atoms with van der Waals surface area (Å²) in [5, 5.41) is 9.91. The Morgan fingerprint density at radius 2 is 2.23 bits per heavy atom. The van der Waals surface area contributed by atoms with E-state index in [4.69, 9.17) is 5.26 Å². The molecule has 0 atom stereocenters. The van der Waals surface area contributed by atoms with Crippen molar-refractivity contribution in [3.05, 3.63) is 33.1 Å². The minimum Gasteiger partial charge on any atom is -0.192 e. The SMILES string of the molecule is Cc1c(Br)sc2ccc(C#N)cc12. The molecule has 2 aromatic rings. The Hall–Kier alpha value is -0.850. The van der Waals surface area contributed by atoms with Gasteiger partial charge < -0.3 is 0 Å². The Balaban J connectivity index is 2.84. The maximum Gasteiger partial charge on any atom is 0.0991 e. The van der Waals surface area contributed by atoms with Crippen LogP contribution in [0.5, 0.6) is 0 Å². The second kappa shape index (κ2) is 3.13. The predicted octanol–water partition coefficient (Wildman–Crippen LogP) is 3.84. The molecule has 0 fully saturated rings. The van der Waals surface area contributed by atoms with Crippen molar-refractivity contribution in [1.29, 1.82) is 5.26 Å². The van der Waals surface area contributed by atoms with Crippen molar-refractivity contribution in [2.75, 3.05) is 0 Å². The highest BCUT2D eigenvalue weighted by Crippen LogP contribution is 2.34. The van der Waals surface area contributed by atoms with E-state index in [1.165, 1.54) is 15.6 Å². The van der Waals surface area contributed by atoms with Crippen LogP contribution in [0.2, 0.25) is 0 Å². The van der Waals surface area contributed by atoms with Crippen molar-refractivity contribution in [1.82, 2.24) is 0 Å². The fourth-order valence-electron chi connectivity index (χ4n) is 1.26. The van der Waals surface area contributed by atoms with E-state index < -0.39 is 0 Å². The van der Waals surface area contributed by atoms with Gasteiger partial charge in [0.25, 0.3) is 0 Å². The van der Waals surface area contributed by atoms with Gasteiger partial charge in [0.15, 0.2) is 0 Å². The minimum atomic E-state index is 0.723. The highest BCUT2D eigenvalue weighted by molar-refractivity contribution is 9.11. The quantitative estimate of drug-likeness (QED) is 0.698. The van der Waals surface area contributed by atoms with E-state index in [1.54, 1.807) is 11.3 Å². The average molecular weight is 252 g/mol. The van der Waals surface area contributed by atoms with E-state index in [0.29, 0.717) is 0 Å². The number of hydrogen-bond donors (Lipinski definition) is 0. The summed E-state index contributed by atoms with van der Waals surface area (Å²) in [6, 6.07) is 7.93. The van der Waals surface area contributed by atoms with Gasteiger partial charge in [-0.15, -0.1) is 11.3 Å². The molecule has 1 aromatic carbocycles. The van der Waals surface area contributed by atoms with Crippen LogP contribution < -0.4 is 0 Å². The molecule has 0 amide bonds. The molecule has 0 saturated heterocycles. The molecule has 2 rings (SSSR count). The van der Waals surface area contributed by atoms with Gasteiger partial charge >= 0.3 is 0 Å². The van der Waals surface area contributed by atoms with Crippen LogP contribution in [0.4, 0.5) is 0 Å². The predicted molar refractivity (Wildman–Crippen MR) is 59.0 cm³/mol. The Bertz CT molecular complexity index is 507. The first-order chi connectivity index (χ1) is 6.22. The van der Waals surface area contributed by atoms with Crippen LogP contribution in [0.15, 0.2) is 22.0 Å². The van der Waals surface area contributed by atoms with Crippen molar-refractivity contribution < 1.29 is 0 Å². The summed E-state index contributed by atoms with van der Waals surface area (Å²) in [5.74, 6) is 0. The highest BCUT2D eigenvalue weighted by Gasteiger charge is 2.05. The summed E-state index contributed by atoms with van der Waals surface area (Å²) in [6.07, 6.45) is 0. The maximum absolute atomic E-state index is 8.74. The summed E-state index contributed by atoms with van der Waals surface area (Å²) >= 11 is 5.20. The van der Waals surface area contributed by atoms with Crippen LogP contribution in [0.3, 0.4) is 0 Å². The average Bonchev–Trinajstić information content (AvgIpc) is 2.43. The fraction of sp³-hybridized carbons (Fsp3) is 0.100. The first-order valence-corrected chi connectivity index (χ1v) is 5.42. The Morgan fingerprint density at radius 3 is 2.92 bits per heavy atom. The number of rotatable bonds is 0. The molecule has 0 spiro atoms. The third kappa shape index (κ3) is 1.37. The van der Waals surface area contributed by atoms with E-state index in [9.17, 15) is 0 Å². The third-order valence-electron chi connectivity index (χ3n) is 2.01. The second-order valence-electron chi connectivity index (χ2n) is 2.82. The molecule has 0 aliphatic heterocycles. The number of aryl methyl sites for hydroxylation is 1. The van der Waals surface area contributed by atoms with Gasteiger partial charge in [-0.2, -0.15) is 5.26 Å². The molecule has 1 aromatic heterocycles. The minimum absolute atomic E-state index is 0.723. The first-order valence-electron chi connectivity index (χ1n) is 3.81. The molecule has 0 unspecified atom stereocenters. The van der Waals surface area contributed by atoms with Gasteiger partial charge in [0.1, 0.15) is 0 Å². The number of nitrogens with zero attached hydrogens (tertiary/aromatic N) is 1. The number of halogens is 1. The van der Waals surface area contributed by atoms with Gasteiger partial charge in [0.05, 0.1) is 15.4 Å². The number of benzene rings is 1. The smallest absolute Gasteiger partial charge is 0.0991 e. The van der Waals surface area contributed by atoms with E-state index in [1.807, 2.05) is 18.2 Å². The normalized spacial score (nSPS) is 10.2. The molecule has 0 N–H and O–H groups in total. The molecule has 0 radical (unpaired) electrons. The summed E-state index contributed by atoms with van der Waals surface area (Å²) < 4.78 is 2.38.